The minimum absolute atomic E-state index is 0.690. The monoisotopic (exact) mass is 408 g/mol. The Kier molecular flexibility index (Phi) is 10.5. The summed E-state index contributed by atoms with van der Waals surface area (Å²) in [5.41, 5.74) is -1.96. The first kappa shape index (κ1) is 23.5. The number of hydrogen-bond donors (Lipinski definition) is 0. The fraction of sp³-hybridized carbons (Fsp3) is 0.400. The summed E-state index contributed by atoms with van der Waals surface area (Å²) in [6.45, 7) is 4.54. The first-order valence-corrected chi connectivity index (χ1v) is 10.2. The molecule has 2 aromatic carbocycles. The van der Waals surface area contributed by atoms with Gasteiger partial charge < -0.3 is 0 Å². The van der Waals surface area contributed by atoms with E-state index in [2.05, 4.69) is 13.8 Å². The largest absolute Gasteiger partial charge is 0.206 e. The molecule has 0 saturated heterocycles. The van der Waals surface area contributed by atoms with Crippen LogP contribution in [0.5, 0.6) is 0 Å². The highest BCUT2D eigenvalue weighted by Gasteiger charge is 2.27. The second-order valence-electron chi connectivity index (χ2n) is 5.88. The summed E-state index contributed by atoms with van der Waals surface area (Å²) in [6.07, 6.45) is 8.61. The first-order valence-electron chi connectivity index (χ1n) is 8.83. The van der Waals surface area contributed by atoms with Crippen molar-refractivity contribution in [2.24, 2.45) is 0 Å². The molecule has 150 valence electrons. The smallest absolute Gasteiger partial charge is 0.200 e. The minimum atomic E-state index is -2.27. The zero-order valence-electron chi connectivity index (χ0n) is 15.3. The van der Waals surface area contributed by atoms with Crippen LogP contribution in [0, 0.1) is 34.9 Å². The Bertz CT molecular complexity index is 698. The first-order chi connectivity index (χ1) is 12.9. The highest BCUT2D eigenvalue weighted by Crippen LogP contribution is 2.32. The lowest BCUT2D eigenvalue weighted by molar-refractivity contribution is 0.381. The number of halogens is 6. The van der Waals surface area contributed by atoms with Gasteiger partial charge in [-0.2, -0.15) is 0 Å². The third kappa shape index (κ3) is 6.53. The Labute approximate surface area is 157 Å². The van der Waals surface area contributed by atoms with Crippen LogP contribution in [-0.4, -0.2) is 12.3 Å². The Morgan fingerprint density at radius 1 is 0.667 bits per heavy atom. The molecule has 0 saturated carbocycles. The van der Waals surface area contributed by atoms with Gasteiger partial charge in [0, 0.05) is 5.56 Å². The Morgan fingerprint density at radius 2 is 1.11 bits per heavy atom. The van der Waals surface area contributed by atoms with E-state index in [4.69, 9.17) is 0 Å². The molecule has 2 aromatic rings. The summed E-state index contributed by atoms with van der Waals surface area (Å²) in [5, 5.41) is 0. The number of unbranched alkanes of at least 4 members (excludes halogenated alkanes) is 2. The van der Waals surface area contributed by atoms with Crippen LogP contribution in [0.15, 0.2) is 24.3 Å². The van der Waals surface area contributed by atoms with Gasteiger partial charge in [0.05, 0.1) is 5.56 Å². The molecule has 0 bridgehead atoms. The molecular weight excluding hydrogens is 385 g/mol. The van der Waals surface area contributed by atoms with E-state index >= 15 is 0 Å². The van der Waals surface area contributed by atoms with Gasteiger partial charge in [-0.05, 0) is 31.2 Å². The molecule has 0 spiro atoms. The third-order valence-electron chi connectivity index (χ3n) is 3.77. The Hall–Kier alpha value is -1.55. The van der Waals surface area contributed by atoms with Crippen LogP contribution in [0.1, 0.15) is 39.5 Å². The average molecular weight is 408 g/mol. The van der Waals surface area contributed by atoms with E-state index in [9.17, 15) is 26.3 Å². The van der Waals surface area contributed by atoms with Gasteiger partial charge in [0.15, 0.2) is 23.3 Å². The SMILES string of the molecule is CCCCPCCCC.Fc1ccccc1-c1c(F)c(F)c(F)c(F)c1F. The summed E-state index contributed by atoms with van der Waals surface area (Å²) in [5.74, 6) is -11.7. The van der Waals surface area contributed by atoms with Crippen LogP contribution >= 0.6 is 8.58 Å². The molecule has 0 aliphatic rings. The minimum Gasteiger partial charge on any atom is -0.206 e. The highest BCUT2D eigenvalue weighted by atomic mass is 31.1. The van der Waals surface area contributed by atoms with Crippen LogP contribution in [0.25, 0.3) is 11.1 Å². The van der Waals surface area contributed by atoms with Gasteiger partial charge in [0.25, 0.3) is 0 Å². The van der Waals surface area contributed by atoms with Gasteiger partial charge in [-0.25, -0.2) is 26.3 Å². The zero-order chi connectivity index (χ0) is 20.4. The topological polar surface area (TPSA) is 0 Å². The lowest BCUT2D eigenvalue weighted by atomic mass is 10.0. The molecule has 0 atom stereocenters. The number of benzene rings is 2. The van der Waals surface area contributed by atoms with E-state index in [1.807, 2.05) is 0 Å². The normalized spacial score (nSPS) is 10.5. The molecule has 27 heavy (non-hydrogen) atoms. The average Bonchev–Trinajstić information content (AvgIpc) is 2.67. The lowest BCUT2D eigenvalue weighted by Gasteiger charge is -2.08. The van der Waals surface area contributed by atoms with Crippen molar-refractivity contribution >= 4 is 8.58 Å². The van der Waals surface area contributed by atoms with Gasteiger partial charge in [0.1, 0.15) is 5.82 Å². The summed E-state index contributed by atoms with van der Waals surface area (Å²) in [7, 11) is 1.25. The molecule has 0 N–H and O–H groups in total. The van der Waals surface area contributed by atoms with E-state index in [0.717, 1.165) is 12.1 Å². The van der Waals surface area contributed by atoms with Gasteiger partial charge in [-0.1, -0.05) is 44.9 Å². The summed E-state index contributed by atoms with van der Waals surface area (Å²) >= 11 is 0. The molecule has 0 aliphatic heterocycles. The fourth-order valence-corrected chi connectivity index (χ4v) is 3.69. The molecule has 2 rings (SSSR count). The lowest BCUT2D eigenvalue weighted by Crippen LogP contribution is -2.04. The molecule has 0 fully saturated rings. The maximum absolute atomic E-state index is 13.4. The van der Waals surface area contributed by atoms with E-state index in [1.54, 1.807) is 0 Å². The predicted molar refractivity (Wildman–Crippen MR) is 99.5 cm³/mol. The van der Waals surface area contributed by atoms with Crippen LogP contribution in [0.3, 0.4) is 0 Å². The molecule has 0 radical (unpaired) electrons. The van der Waals surface area contributed by atoms with Gasteiger partial charge in [-0.15, -0.1) is 8.58 Å². The summed E-state index contributed by atoms with van der Waals surface area (Å²) < 4.78 is 78.8. The van der Waals surface area contributed by atoms with Crippen molar-refractivity contribution in [3.05, 3.63) is 59.2 Å². The van der Waals surface area contributed by atoms with Crippen LogP contribution in [-0.2, 0) is 0 Å². The van der Waals surface area contributed by atoms with Crippen molar-refractivity contribution < 1.29 is 26.3 Å². The number of rotatable bonds is 7. The van der Waals surface area contributed by atoms with Crippen LogP contribution in [0.2, 0.25) is 0 Å². The van der Waals surface area contributed by atoms with Crippen molar-refractivity contribution in [2.75, 3.05) is 12.3 Å². The second-order valence-corrected chi connectivity index (χ2v) is 7.38. The van der Waals surface area contributed by atoms with Crippen molar-refractivity contribution in [1.82, 2.24) is 0 Å². The summed E-state index contributed by atoms with van der Waals surface area (Å²) in [4.78, 5) is 0. The van der Waals surface area contributed by atoms with Crippen molar-refractivity contribution in [3.8, 4) is 11.1 Å². The third-order valence-corrected chi connectivity index (χ3v) is 5.18. The van der Waals surface area contributed by atoms with Crippen molar-refractivity contribution in [3.63, 3.8) is 0 Å². The molecule has 7 heteroatoms. The quantitative estimate of drug-likeness (QED) is 0.147. The number of hydrogen-bond acceptors (Lipinski definition) is 0. The maximum Gasteiger partial charge on any atom is 0.200 e. The van der Waals surface area contributed by atoms with Gasteiger partial charge in [0.2, 0.25) is 5.82 Å². The predicted octanol–water partition coefficient (Wildman–Crippen LogP) is 7.45. The molecule has 0 aliphatic carbocycles. The molecule has 0 aromatic heterocycles. The molecular formula is C20H23F6P. The molecule has 0 amide bonds. The van der Waals surface area contributed by atoms with Crippen molar-refractivity contribution in [2.45, 2.75) is 39.5 Å². The molecule has 0 nitrogen and oxygen atoms in total. The Morgan fingerprint density at radius 3 is 1.56 bits per heavy atom. The Balaban J connectivity index is 0.000000345. The highest BCUT2D eigenvalue weighted by molar-refractivity contribution is 7.37. The molecule has 0 heterocycles. The van der Waals surface area contributed by atoms with Gasteiger partial charge in [-0.3, -0.25) is 0 Å². The maximum atomic E-state index is 13.4. The van der Waals surface area contributed by atoms with E-state index < -0.39 is 46.0 Å². The molecule has 0 unspecified atom stereocenters. The van der Waals surface area contributed by atoms with Crippen LogP contribution in [0.4, 0.5) is 26.3 Å². The standard InChI is InChI=1S/C12H4F6.C8H19P/c13-6-4-2-1-3-5(6)7-8(14)10(16)12(18)11(17)9(7)15;1-3-5-7-9-8-6-4-2/h1-4H;9H,3-8H2,1-2H3. The van der Waals surface area contributed by atoms with E-state index in [-0.39, 0.29) is 0 Å². The second kappa shape index (κ2) is 12.0. The van der Waals surface area contributed by atoms with E-state index in [1.165, 1.54) is 58.7 Å². The van der Waals surface area contributed by atoms with Gasteiger partial charge >= 0.3 is 0 Å². The summed E-state index contributed by atoms with van der Waals surface area (Å²) in [6, 6.07) is 4.22. The van der Waals surface area contributed by atoms with E-state index in [0.29, 0.717) is 0 Å². The fourth-order valence-electron chi connectivity index (χ4n) is 2.23. The zero-order valence-corrected chi connectivity index (χ0v) is 16.3. The van der Waals surface area contributed by atoms with Crippen LogP contribution < -0.4 is 0 Å². The van der Waals surface area contributed by atoms with Crippen molar-refractivity contribution in [1.29, 1.82) is 0 Å².